The number of fused-ring (bicyclic) bond motifs is 5. The number of hydrogen-bond acceptors (Lipinski definition) is 3. The maximum atomic E-state index is 12.5. The van der Waals surface area contributed by atoms with Crippen LogP contribution < -0.4 is 0 Å². The molecule has 3 nitrogen and oxygen atoms in total. The molecule has 3 heteroatoms. The Bertz CT molecular complexity index is 489. The van der Waals surface area contributed by atoms with Crippen LogP contribution in [0, 0.1) is 34.5 Å². The van der Waals surface area contributed by atoms with E-state index in [2.05, 4.69) is 13.8 Å². The molecule has 22 heavy (non-hydrogen) atoms. The van der Waals surface area contributed by atoms with Crippen LogP contribution in [0.2, 0.25) is 0 Å². The molecule has 4 saturated carbocycles. The van der Waals surface area contributed by atoms with Crippen LogP contribution in [0.3, 0.4) is 0 Å². The Morgan fingerprint density at radius 2 is 1.55 bits per heavy atom. The highest BCUT2D eigenvalue weighted by atomic mass is 16.3. The largest absolute Gasteiger partial charge is 0.393 e. The number of aliphatic hydroxyl groups is 2. The van der Waals surface area contributed by atoms with Crippen LogP contribution in [0.1, 0.15) is 65.2 Å². The van der Waals surface area contributed by atoms with Gasteiger partial charge < -0.3 is 10.2 Å². The lowest BCUT2D eigenvalue weighted by atomic mass is 9.45. The lowest BCUT2D eigenvalue weighted by Crippen LogP contribution is -2.57. The second-order valence-corrected chi connectivity index (χ2v) is 9.11. The van der Waals surface area contributed by atoms with Crippen LogP contribution >= 0.6 is 0 Å². The molecule has 2 N–H and O–H groups in total. The van der Waals surface area contributed by atoms with Gasteiger partial charge in [-0.2, -0.15) is 0 Å². The molecule has 0 saturated heterocycles. The van der Waals surface area contributed by atoms with Crippen molar-refractivity contribution in [3.05, 3.63) is 0 Å². The summed E-state index contributed by atoms with van der Waals surface area (Å²) in [5.41, 5.74) is 0.205. The van der Waals surface area contributed by atoms with Gasteiger partial charge in [0.05, 0.1) is 6.10 Å². The molecule has 3 unspecified atom stereocenters. The smallest absolute Gasteiger partial charge is 0.164 e. The van der Waals surface area contributed by atoms with E-state index in [4.69, 9.17) is 0 Å². The Labute approximate surface area is 133 Å². The van der Waals surface area contributed by atoms with Gasteiger partial charge in [0.2, 0.25) is 0 Å². The third-order valence-electron chi connectivity index (χ3n) is 8.45. The summed E-state index contributed by atoms with van der Waals surface area (Å²) < 4.78 is 0. The van der Waals surface area contributed by atoms with Crippen LogP contribution in [-0.2, 0) is 4.79 Å². The second-order valence-electron chi connectivity index (χ2n) is 9.11. The predicted molar refractivity (Wildman–Crippen MR) is 84.1 cm³/mol. The fourth-order valence-corrected chi connectivity index (χ4v) is 7.08. The van der Waals surface area contributed by atoms with Crippen molar-refractivity contribution in [2.75, 3.05) is 0 Å². The quantitative estimate of drug-likeness (QED) is 0.723. The first-order valence-corrected chi connectivity index (χ1v) is 9.28. The second kappa shape index (κ2) is 4.80. The highest BCUT2D eigenvalue weighted by Crippen LogP contribution is 2.65. The van der Waals surface area contributed by atoms with Gasteiger partial charge in [0.15, 0.2) is 5.78 Å². The molecule has 0 aromatic carbocycles. The average Bonchev–Trinajstić information content (AvgIpc) is 2.79. The molecule has 124 valence electrons. The lowest BCUT2D eigenvalue weighted by Gasteiger charge is -2.60. The van der Waals surface area contributed by atoms with Gasteiger partial charge >= 0.3 is 0 Å². The van der Waals surface area contributed by atoms with Gasteiger partial charge in [-0.05, 0) is 80.0 Å². The van der Waals surface area contributed by atoms with E-state index < -0.39 is 6.10 Å². The highest BCUT2D eigenvalue weighted by Gasteiger charge is 2.61. The first-order valence-electron chi connectivity index (χ1n) is 9.28. The minimum Gasteiger partial charge on any atom is -0.393 e. The van der Waals surface area contributed by atoms with Crippen LogP contribution in [0.4, 0.5) is 0 Å². The van der Waals surface area contributed by atoms with E-state index in [1.54, 1.807) is 0 Å². The number of Topliss-reactive ketones (excluding diaryl/α,β-unsaturated/α-hetero) is 1. The summed E-state index contributed by atoms with van der Waals surface area (Å²) in [6.45, 7) is 4.63. The topological polar surface area (TPSA) is 57.5 Å². The first kappa shape index (κ1) is 15.1. The standard InChI is InChI=1S/C19H30O3/c1-18-10-8-15(20)17(22)14(18)4-3-11-12-5-6-16(21)19(12,2)9-7-13(11)18/h11-16,20-21H,3-10H2,1-2H3/t11-,12-,13+,14?,15?,16?,18+,19-/m0/s1. The molecule has 0 aromatic heterocycles. The van der Waals surface area contributed by atoms with E-state index in [-0.39, 0.29) is 28.6 Å². The lowest BCUT2D eigenvalue weighted by molar-refractivity contribution is -0.161. The van der Waals surface area contributed by atoms with E-state index in [0.29, 0.717) is 24.2 Å². The van der Waals surface area contributed by atoms with Crippen LogP contribution in [0.25, 0.3) is 0 Å². The van der Waals surface area contributed by atoms with Crippen molar-refractivity contribution >= 4 is 5.78 Å². The van der Waals surface area contributed by atoms with Crippen LogP contribution in [-0.4, -0.2) is 28.2 Å². The van der Waals surface area contributed by atoms with Gasteiger partial charge in [-0.3, -0.25) is 4.79 Å². The number of rotatable bonds is 0. The molecule has 0 heterocycles. The summed E-state index contributed by atoms with van der Waals surface area (Å²) in [6.07, 6.45) is 7.28. The fraction of sp³-hybridized carbons (Fsp3) is 0.947. The Balaban J connectivity index is 1.65. The van der Waals surface area contributed by atoms with E-state index in [9.17, 15) is 15.0 Å². The van der Waals surface area contributed by atoms with Crippen LogP contribution in [0.15, 0.2) is 0 Å². The van der Waals surface area contributed by atoms with Crippen molar-refractivity contribution in [2.45, 2.75) is 77.4 Å². The zero-order chi connectivity index (χ0) is 15.7. The molecule has 4 fully saturated rings. The summed E-state index contributed by atoms with van der Waals surface area (Å²) >= 11 is 0. The Kier molecular flexibility index (Phi) is 3.30. The van der Waals surface area contributed by atoms with Crippen molar-refractivity contribution < 1.29 is 15.0 Å². The summed E-state index contributed by atoms with van der Waals surface area (Å²) in [6, 6.07) is 0. The molecule has 8 atom stereocenters. The van der Waals surface area contributed by atoms with Crippen molar-refractivity contribution in [2.24, 2.45) is 34.5 Å². The molecule has 4 aliphatic carbocycles. The molecule has 0 aromatic rings. The SMILES string of the molecule is C[C@]12CCC(O)C(=O)C1CC[C@@H]1[C@H]2CC[C@]2(C)C(O)CC[C@@H]12. The van der Waals surface area contributed by atoms with E-state index in [0.717, 1.165) is 44.9 Å². The van der Waals surface area contributed by atoms with Crippen LogP contribution in [0.5, 0.6) is 0 Å². The Hall–Kier alpha value is -0.410. The molecule has 0 amide bonds. The molecule has 0 bridgehead atoms. The molecule has 4 rings (SSSR count). The molecular weight excluding hydrogens is 276 g/mol. The summed E-state index contributed by atoms with van der Waals surface area (Å²) in [5.74, 6) is 2.13. The van der Waals surface area contributed by atoms with Gasteiger partial charge in [-0.1, -0.05) is 13.8 Å². The maximum absolute atomic E-state index is 12.5. The van der Waals surface area contributed by atoms with E-state index >= 15 is 0 Å². The monoisotopic (exact) mass is 306 g/mol. The number of hydrogen-bond donors (Lipinski definition) is 2. The number of aliphatic hydroxyl groups excluding tert-OH is 2. The van der Waals surface area contributed by atoms with Crippen molar-refractivity contribution in [1.82, 2.24) is 0 Å². The summed E-state index contributed by atoms with van der Waals surface area (Å²) in [7, 11) is 0. The van der Waals surface area contributed by atoms with E-state index in [1.165, 1.54) is 0 Å². The minimum atomic E-state index is -0.711. The number of ketones is 1. The molecule has 0 spiro atoms. The Morgan fingerprint density at radius 3 is 2.32 bits per heavy atom. The number of carbonyl (C=O) groups is 1. The fourth-order valence-electron chi connectivity index (χ4n) is 7.08. The van der Waals surface area contributed by atoms with Crippen molar-refractivity contribution in [3.63, 3.8) is 0 Å². The molecular formula is C19H30O3. The van der Waals surface area contributed by atoms with Crippen molar-refractivity contribution in [1.29, 1.82) is 0 Å². The zero-order valence-electron chi connectivity index (χ0n) is 13.9. The minimum absolute atomic E-state index is 0.0770. The molecule has 0 aliphatic heterocycles. The predicted octanol–water partition coefficient (Wildman–Crippen LogP) is 2.93. The van der Waals surface area contributed by atoms with Gasteiger partial charge in [0, 0.05) is 5.92 Å². The summed E-state index contributed by atoms with van der Waals surface area (Å²) in [5, 5.41) is 20.4. The van der Waals surface area contributed by atoms with Gasteiger partial charge in [-0.15, -0.1) is 0 Å². The van der Waals surface area contributed by atoms with E-state index in [1.807, 2.05) is 0 Å². The first-order chi connectivity index (χ1) is 10.4. The van der Waals surface area contributed by atoms with Gasteiger partial charge in [0.25, 0.3) is 0 Å². The average molecular weight is 306 g/mol. The third kappa shape index (κ3) is 1.78. The Morgan fingerprint density at radius 1 is 0.864 bits per heavy atom. The molecule has 4 aliphatic rings. The van der Waals surface area contributed by atoms with Gasteiger partial charge in [-0.25, -0.2) is 0 Å². The normalized spacial score (nSPS) is 57.9. The molecule has 0 radical (unpaired) electrons. The zero-order valence-corrected chi connectivity index (χ0v) is 13.9. The van der Waals surface area contributed by atoms with Gasteiger partial charge in [0.1, 0.15) is 6.10 Å². The third-order valence-corrected chi connectivity index (χ3v) is 8.45. The van der Waals surface area contributed by atoms with Crippen molar-refractivity contribution in [3.8, 4) is 0 Å². The number of carbonyl (C=O) groups excluding carboxylic acids is 1. The summed E-state index contributed by atoms with van der Waals surface area (Å²) in [4.78, 5) is 12.5. The highest BCUT2D eigenvalue weighted by molar-refractivity contribution is 5.86. The maximum Gasteiger partial charge on any atom is 0.164 e.